The van der Waals surface area contributed by atoms with Crippen molar-refractivity contribution in [3.63, 3.8) is 0 Å². The van der Waals surface area contributed by atoms with Gasteiger partial charge in [0.25, 0.3) is 0 Å². The molecule has 0 aliphatic carbocycles. The number of ether oxygens (including phenoxy) is 1. The molecule has 1 aliphatic rings. The number of likely N-dealkylation sites (tertiary alicyclic amines) is 1. The summed E-state index contributed by atoms with van der Waals surface area (Å²) >= 11 is 3.48. The van der Waals surface area contributed by atoms with Crippen LogP contribution in [0.4, 0.5) is 5.82 Å². The molecular weight excluding hydrogens is 380 g/mol. The zero-order chi connectivity index (χ0) is 17.7. The minimum Gasteiger partial charge on any atom is -0.492 e. The topological polar surface area (TPSA) is 63.4 Å². The molecule has 3 N–H and O–H groups in total. The minimum atomic E-state index is 0.187. The second-order valence-electron chi connectivity index (χ2n) is 7.01. The zero-order valence-electron chi connectivity index (χ0n) is 14.5. The Labute approximate surface area is 157 Å². The number of pyridine rings is 1. The van der Waals surface area contributed by atoms with Crippen molar-refractivity contribution in [1.82, 2.24) is 9.88 Å². The summed E-state index contributed by atoms with van der Waals surface area (Å²) in [6.07, 6.45) is 3.96. The van der Waals surface area contributed by atoms with E-state index in [1.807, 2.05) is 6.07 Å². The number of hydrogen-bond acceptors (Lipinski definition) is 5. The number of benzene rings is 1. The maximum Gasteiger partial charge on any atom is 0.143 e. The van der Waals surface area contributed by atoms with Crippen LogP contribution in [-0.2, 0) is 6.54 Å². The van der Waals surface area contributed by atoms with Crippen molar-refractivity contribution < 1.29 is 4.74 Å². The molecule has 1 aromatic carbocycles. The van der Waals surface area contributed by atoms with Crippen molar-refractivity contribution in [3.05, 3.63) is 52.6 Å². The average molecular weight is 405 g/mol. The first-order valence-corrected chi connectivity index (χ1v) is 9.38. The van der Waals surface area contributed by atoms with E-state index in [0.29, 0.717) is 12.4 Å². The van der Waals surface area contributed by atoms with E-state index < -0.39 is 0 Å². The molecule has 2 aromatic rings. The molecule has 1 fully saturated rings. The van der Waals surface area contributed by atoms with Crippen LogP contribution in [0.5, 0.6) is 5.75 Å². The highest BCUT2D eigenvalue weighted by atomic mass is 79.9. The van der Waals surface area contributed by atoms with E-state index in [1.165, 1.54) is 5.56 Å². The summed E-state index contributed by atoms with van der Waals surface area (Å²) in [5.74, 6) is 6.80. The first kappa shape index (κ1) is 18.2. The molecule has 2 heterocycles. The molecule has 1 aliphatic heterocycles. The number of anilines is 1. The van der Waals surface area contributed by atoms with E-state index in [1.54, 1.807) is 6.20 Å². The molecule has 0 unspecified atom stereocenters. The smallest absolute Gasteiger partial charge is 0.143 e. The molecule has 0 spiro atoms. The van der Waals surface area contributed by atoms with Crippen molar-refractivity contribution in [3.8, 4) is 5.75 Å². The average Bonchev–Trinajstić information content (AvgIpc) is 2.64. The molecule has 0 atom stereocenters. The van der Waals surface area contributed by atoms with Gasteiger partial charge in [-0.15, -0.1) is 0 Å². The van der Waals surface area contributed by atoms with Gasteiger partial charge >= 0.3 is 0 Å². The van der Waals surface area contributed by atoms with Crippen molar-refractivity contribution in [2.75, 3.05) is 25.1 Å². The first-order valence-electron chi connectivity index (χ1n) is 8.59. The molecule has 3 rings (SSSR count). The quantitative estimate of drug-likeness (QED) is 0.565. The maximum absolute atomic E-state index is 6.07. The van der Waals surface area contributed by atoms with E-state index in [-0.39, 0.29) is 5.41 Å². The number of piperidine rings is 1. The number of hydrogen-bond donors (Lipinski definition) is 2. The highest BCUT2D eigenvalue weighted by Gasteiger charge is 2.31. The standard InChI is InChI=1S/C19H25BrN4O/c1-19(14-25-17-11-18(23-21)22-12-16(17)20)7-9-24(10-8-19)13-15-5-3-2-4-6-15/h2-6,11-12H,7-10,13-14,21H2,1H3,(H,22,23). The lowest BCUT2D eigenvalue weighted by Gasteiger charge is -2.39. The zero-order valence-corrected chi connectivity index (χ0v) is 16.1. The number of rotatable bonds is 6. The molecule has 1 saturated heterocycles. The Bertz CT molecular complexity index is 687. The second kappa shape index (κ2) is 8.17. The van der Waals surface area contributed by atoms with Crippen LogP contribution in [0.3, 0.4) is 0 Å². The number of nitrogens with one attached hydrogen (secondary N) is 1. The Morgan fingerprint density at radius 3 is 2.68 bits per heavy atom. The first-order chi connectivity index (χ1) is 12.1. The molecule has 134 valence electrons. The van der Waals surface area contributed by atoms with Crippen molar-refractivity contribution in [1.29, 1.82) is 0 Å². The lowest BCUT2D eigenvalue weighted by atomic mass is 9.81. The predicted octanol–water partition coefficient (Wildman–Crippen LogP) is 3.81. The van der Waals surface area contributed by atoms with E-state index >= 15 is 0 Å². The Morgan fingerprint density at radius 1 is 1.28 bits per heavy atom. The minimum absolute atomic E-state index is 0.187. The summed E-state index contributed by atoms with van der Waals surface area (Å²) in [7, 11) is 0. The van der Waals surface area contributed by atoms with Crippen LogP contribution in [0.25, 0.3) is 0 Å². The van der Waals surface area contributed by atoms with Gasteiger partial charge < -0.3 is 10.2 Å². The fourth-order valence-electron chi connectivity index (χ4n) is 3.10. The number of nitrogens with two attached hydrogens (primary N) is 1. The van der Waals surface area contributed by atoms with Crippen molar-refractivity contribution in [2.24, 2.45) is 11.3 Å². The van der Waals surface area contributed by atoms with E-state index in [0.717, 1.165) is 42.7 Å². The van der Waals surface area contributed by atoms with Gasteiger partial charge in [0, 0.05) is 24.2 Å². The maximum atomic E-state index is 6.07. The highest BCUT2D eigenvalue weighted by Crippen LogP contribution is 2.34. The molecule has 5 nitrogen and oxygen atoms in total. The highest BCUT2D eigenvalue weighted by molar-refractivity contribution is 9.10. The van der Waals surface area contributed by atoms with Gasteiger partial charge in [0.1, 0.15) is 11.6 Å². The fraction of sp³-hybridized carbons (Fsp3) is 0.421. The van der Waals surface area contributed by atoms with E-state index in [2.05, 4.69) is 68.5 Å². The Balaban J connectivity index is 1.52. The third-order valence-corrected chi connectivity index (χ3v) is 5.45. The molecule has 25 heavy (non-hydrogen) atoms. The Kier molecular flexibility index (Phi) is 5.93. The summed E-state index contributed by atoms with van der Waals surface area (Å²) in [5, 5.41) is 0. The van der Waals surface area contributed by atoms with Crippen molar-refractivity contribution >= 4 is 21.7 Å². The molecule has 1 aromatic heterocycles. The summed E-state index contributed by atoms with van der Waals surface area (Å²) in [6.45, 7) is 6.23. The largest absolute Gasteiger partial charge is 0.492 e. The van der Waals surface area contributed by atoms with Crippen LogP contribution in [-0.4, -0.2) is 29.6 Å². The Morgan fingerprint density at radius 2 is 2.00 bits per heavy atom. The van der Waals surface area contributed by atoms with Gasteiger partial charge in [-0.2, -0.15) is 0 Å². The van der Waals surface area contributed by atoms with Gasteiger partial charge in [-0.3, -0.25) is 4.90 Å². The summed E-state index contributed by atoms with van der Waals surface area (Å²) in [4.78, 5) is 6.67. The molecular formula is C19H25BrN4O. The van der Waals surface area contributed by atoms with Crippen LogP contribution in [0, 0.1) is 5.41 Å². The molecule has 0 saturated carbocycles. The van der Waals surface area contributed by atoms with Gasteiger partial charge in [0.15, 0.2) is 0 Å². The third-order valence-electron chi connectivity index (χ3n) is 4.86. The van der Waals surface area contributed by atoms with Crippen LogP contribution < -0.4 is 16.0 Å². The summed E-state index contributed by atoms with van der Waals surface area (Å²) in [6, 6.07) is 12.5. The van der Waals surface area contributed by atoms with Crippen LogP contribution in [0.15, 0.2) is 47.1 Å². The normalized spacial score (nSPS) is 17.2. The molecule has 0 amide bonds. The number of hydrazine groups is 1. The number of aromatic nitrogens is 1. The van der Waals surface area contributed by atoms with Gasteiger partial charge in [-0.1, -0.05) is 37.3 Å². The van der Waals surface area contributed by atoms with Gasteiger partial charge in [-0.25, -0.2) is 10.8 Å². The number of halogens is 1. The third kappa shape index (κ3) is 4.93. The second-order valence-corrected chi connectivity index (χ2v) is 7.86. The van der Waals surface area contributed by atoms with E-state index in [4.69, 9.17) is 10.6 Å². The molecule has 6 heteroatoms. The van der Waals surface area contributed by atoms with Crippen LogP contribution >= 0.6 is 15.9 Å². The molecule has 0 bridgehead atoms. The van der Waals surface area contributed by atoms with Crippen molar-refractivity contribution in [2.45, 2.75) is 26.3 Å². The lowest BCUT2D eigenvalue weighted by molar-refractivity contribution is 0.0653. The van der Waals surface area contributed by atoms with Gasteiger partial charge in [-0.05, 0) is 47.4 Å². The molecule has 0 radical (unpaired) electrons. The summed E-state index contributed by atoms with van der Waals surface area (Å²) < 4.78 is 6.92. The van der Waals surface area contributed by atoms with E-state index in [9.17, 15) is 0 Å². The van der Waals surface area contributed by atoms with Gasteiger partial charge in [0.2, 0.25) is 0 Å². The Hall–Kier alpha value is -1.63. The van der Waals surface area contributed by atoms with Crippen LogP contribution in [0.1, 0.15) is 25.3 Å². The van der Waals surface area contributed by atoms with Gasteiger partial charge in [0.05, 0.1) is 11.1 Å². The monoisotopic (exact) mass is 404 g/mol. The SMILES string of the molecule is CC1(COc2cc(NN)ncc2Br)CCN(Cc2ccccc2)CC1. The number of nitrogens with zero attached hydrogens (tertiary/aromatic N) is 2. The van der Waals surface area contributed by atoms with Crippen LogP contribution in [0.2, 0.25) is 0 Å². The summed E-state index contributed by atoms with van der Waals surface area (Å²) in [5.41, 5.74) is 4.12. The number of nitrogen functional groups attached to an aromatic ring is 1. The predicted molar refractivity (Wildman–Crippen MR) is 104 cm³/mol. The lowest BCUT2D eigenvalue weighted by Crippen LogP contribution is -2.41. The fourth-order valence-corrected chi connectivity index (χ4v) is 3.43.